The molecule has 22 heavy (non-hydrogen) atoms. The van der Waals surface area contributed by atoms with Crippen LogP contribution in [0.15, 0.2) is 29.2 Å². The van der Waals surface area contributed by atoms with Crippen LogP contribution in [-0.4, -0.2) is 33.9 Å². The van der Waals surface area contributed by atoms with E-state index in [1.165, 1.54) is 11.1 Å². The number of aromatic nitrogens is 2. The minimum absolute atomic E-state index is 0.169. The highest BCUT2D eigenvalue weighted by Gasteiger charge is 2.25. The van der Waals surface area contributed by atoms with Gasteiger partial charge in [0, 0.05) is 40.7 Å². The summed E-state index contributed by atoms with van der Waals surface area (Å²) in [6.07, 6.45) is 3.95. The maximum Gasteiger partial charge on any atom is 0.345 e. The number of hydrogen-bond donors (Lipinski definition) is 1. The predicted octanol–water partition coefficient (Wildman–Crippen LogP) is 2.09. The lowest BCUT2D eigenvalue weighted by molar-refractivity contribution is -0.131. The first-order valence-electron chi connectivity index (χ1n) is 7.50. The third-order valence-corrected chi connectivity index (χ3v) is 5.03. The number of likely N-dealkylation sites (tertiary alicyclic amines) is 1. The molecular weight excluding hydrogens is 298 g/mol. The van der Waals surface area contributed by atoms with Gasteiger partial charge in [0.15, 0.2) is 0 Å². The third kappa shape index (κ3) is 3.44. The van der Waals surface area contributed by atoms with Crippen molar-refractivity contribution in [1.82, 2.24) is 14.9 Å². The normalized spacial score (nSPS) is 18.4. The first kappa shape index (κ1) is 15.0. The quantitative estimate of drug-likeness (QED) is 0.942. The molecule has 3 heterocycles. The van der Waals surface area contributed by atoms with Crippen molar-refractivity contribution in [3.8, 4) is 0 Å². The molecule has 3 rings (SSSR count). The van der Waals surface area contributed by atoms with Gasteiger partial charge in [-0.1, -0.05) is 0 Å². The topological polar surface area (TPSA) is 66.1 Å². The van der Waals surface area contributed by atoms with E-state index in [0.717, 1.165) is 30.0 Å². The Morgan fingerprint density at radius 3 is 3.05 bits per heavy atom. The molecule has 1 fully saturated rings. The highest BCUT2D eigenvalue weighted by Crippen LogP contribution is 2.25. The van der Waals surface area contributed by atoms with Gasteiger partial charge in [-0.25, -0.2) is 9.78 Å². The Bertz CT molecular complexity index is 722. The second kappa shape index (κ2) is 6.44. The number of aromatic amines is 1. The molecular formula is C16H19N3O2S. The van der Waals surface area contributed by atoms with Crippen LogP contribution in [-0.2, 0) is 11.2 Å². The highest BCUT2D eigenvalue weighted by molar-refractivity contribution is 7.12. The molecule has 1 aliphatic heterocycles. The first-order chi connectivity index (χ1) is 10.6. The summed E-state index contributed by atoms with van der Waals surface area (Å²) < 4.78 is 0. The standard InChI is InChI=1S/C16H19N3O2S/c1-11-4-5-13(22-11)9-15(20)19-8-2-3-12(10-19)14-6-7-17-16(21)18-14/h4-7,12H,2-3,8-10H2,1H3,(H,17,18,21). The van der Waals surface area contributed by atoms with Crippen LogP contribution in [0.5, 0.6) is 0 Å². The van der Waals surface area contributed by atoms with Crippen molar-refractivity contribution >= 4 is 17.2 Å². The summed E-state index contributed by atoms with van der Waals surface area (Å²) in [7, 11) is 0. The Labute approximate surface area is 133 Å². The molecule has 5 nitrogen and oxygen atoms in total. The van der Waals surface area contributed by atoms with E-state index in [2.05, 4.69) is 16.9 Å². The molecule has 6 heteroatoms. The van der Waals surface area contributed by atoms with Crippen LogP contribution in [0.1, 0.15) is 34.2 Å². The number of aryl methyl sites for hydroxylation is 1. The molecule has 2 aromatic heterocycles. The van der Waals surface area contributed by atoms with Crippen LogP contribution < -0.4 is 5.69 Å². The number of amides is 1. The van der Waals surface area contributed by atoms with Gasteiger partial charge in [-0.2, -0.15) is 0 Å². The molecule has 0 saturated carbocycles. The Morgan fingerprint density at radius 1 is 1.45 bits per heavy atom. The lowest BCUT2D eigenvalue weighted by atomic mass is 9.94. The van der Waals surface area contributed by atoms with E-state index in [4.69, 9.17) is 0 Å². The van der Waals surface area contributed by atoms with Crippen LogP contribution in [0.3, 0.4) is 0 Å². The van der Waals surface area contributed by atoms with E-state index >= 15 is 0 Å². The molecule has 1 N–H and O–H groups in total. The zero-order chi connectivity index (χ0) is 15.5. The van der Waals surface area contributed by atoms with E-state index in [1.54, 1.807) is 11.3 Å². The average molecular weight is 317 g/mol. The van der Waals surface area contributed by atoms with Gasteiger partial charge in [-0.15, -0.1) is 11.3 Å². The van der Waals surface area contributed by atoms with Crippen LogP contribution in [0.25, 0.3) is 0 Å². The molecule has 1 saturated heterocycles. The second-order valence-corrected chi connectivity index (χ2v) is 7.07. The van der Waals surface area contributed by atoms with E-state index in [9.17, 15) is 9.59 Å². The summed E-state index contributed by atoms with van der Waals surface area (Å²) in [4.78, 5) is 34.5. The summed E-state index contributed by atoms with van der Waals surface area (Å²) in [6, 6.07) is 5.91. The molecule has 1 unspecified atom stereocenters. The minimum atomic E-state index is -0.324. The monoisotopic (exact) mass is 317 g/mol. The lowest BCUT2D eigenvalue weighted by Crippen LogP contribution is -2.40. The van der Waals surface area contributed by atoms with Crippen LogP contribution in [0.4, 0.5) is 0 Å². The van der Waals surface area contributed by atoms with Crippen LogP contribution in [0.2, 0.25) is 0 Å². The molecule has 2 aromatic rings. The third-order valence-electron chi connectivity index (χ3n) is 4.03. The summed E-state index contributed by atoms with van der Waals surface area (Å²) in [5.74, 6) is 0.362. The van der Waals surface area contributed by atoms with Crippen molar-refractivity contribution in [3.05, 3.63) is 50.3 Å². The fourth-order valence-electron chi connectivity index (χ4n) is 2.92. The number of hydrogen-bond acceptors (Lipinski definition) is 4. The maximum absolute atomic E-state index is 12.5. The summed E-state index contributed by atoms with van der Waals surface area (Å²) in [6.45, 7) is 3.52. The van der Waals surface area contributed by atoms with Gasteiger partial charge in [-0.05, 0) is 38.0 Å². The van der Waals surface area contributed by atoms with E-state index < -0.39 is 0 Å². The van der Waals surface area contributed by atoms with Crippen molar-refractivity contribution in [2.45, 2.75) is 32.1 Å². The van der Waals surface area contributed by atoms with Crippen LogP contribution >= 0.6 is 11.3 Å². The number of thiophene rings is 1. The van der Waals surface area contributed by atoms with Gasteiger partial charge in [-0.3, -0.25) is 4.79 Å². The molecule has 1 atom stereocenters. The van der Waals surface area contributed by atoms with Crippen molar-refractivity contribution in [2.24, 2.45) is 0 Å². The summed E-state index contributed by atoms with van der Waals surface area (Å²) in [5, 5.41) is 0. The van der Waals surface area contributed by atoms with Crippen molar-refractivity contribution in [2.75, 3.05) is 13.1 Å². The van der Waals surface area contributed by atoms with Gasteiger partial charge in [0.25, 0.3) is 0 Å². The number of carbonyl (C=O) groups is 1. The van der Waals surface area contributed by atoms with Crippen molar-refractivity contribution in [3.63, 3.8) is 0 Å². The molecule has 0 bridgehead atoms. The predicted molar refractivity (Wildman–Crippen MR) is 86.2 cm³/mol. The lowest BCUT2D eigenvalue weighted by Gasteiger charge is -2.32. The summed E-state index contributed by atoms with van der Waals surface area (Å²) in [5.41, 5.74) is 0.555. The molecule has 0 spiro atoms. The number of piperidine rings is 1. The Kier molecular flexibility index (Phi) is 4.38. The van der Waals surface area contributed by atoms with Crippen molar-refractivity contribution < 1.29 is 4.79 Å². The average Bonchev–Trinajstić information content (AvgIpc) is 2.92. The molecule has 0 radical (unpaired) electrons. The largest absolute Gasteiger partial charge is 0.345 e. The van der Waals surface area contributed by atoms with E-state index in [-0.39, 0.29) is 17.5 Å². The second-order valence-electron chi connectivity index (χ2n) is 5.70. The first-order valence-corrected chi connectivity index (χ1v) is 8.32. The van der Waals surface area contributed by atoms with Gasteiger partial charge >= 0.3 is 5.69 Å². The molecule has 1 amide bonds. The zero-order valence-electron chi connectivity index (χ0n) is 12.5. The Hall–Kier alpha value is -1.95. The molecule has 116 valence electrons. The van der Waals surface area contributed by atoms with Crippen molar-refractivity contribution in [1.29, 1.82) is 0 Å². The van der Waals surface area contributed by atoms with E-state index in [1.807, 2.05) is 23.1 Å². The number of carbonyl (C=O) groups excluding carboxylic acids is 1. The fraction of sp³-hybridized carbons (Fsp3) is 0.438. The number of H-pyrrole nitrogens is 1. The zero-order valence-corrected chi connectivity index (χ0v) is 13.4. The number of nitrogens with zero attached hydrogens (tertiary/aromatic N) is 2. The number of nitrogens with one attached hydrogen (secondary N) is 1. The molecule has 1 aliphatic rings. The van der Waals surface area contributed by atoms with Crippen LogP contribution in [0, 0.1) is 6.92 Å². The smallest absolute Gasteiger partial charge is 0.342 e. The van der Waals surface area contributed by atoms with Gasteiger partial charge in [0.1, 0.15) is 0 Å². The Balaban J connectivity index is 1.67. The summed E-state index contributed by atoms with van der Waals surface area (Å²) >= 11 is 1.68. The van der Waals surface area contributed by atoms with E-state index in [0.29, 0.717) is 13.0 Å². The Morgan fingerprint density at radius 2 is 2.32 bits per heavy atom. The number of rotatable bonds is 3. The van der Waals surface area contributed by atoms with Gasteiger partial charge in [0.2, 0.25) is 5.91 Å². The van der Waals surface area contributed by atoms with Gasteiger partial charge in [0.05, 0.1) is 6.42 Å². The van der Waals surface area contributed by atoms with Gasteiger partial charge < -0.3 is 9.88 Å². The maximum atomic E-state index is 12.5. The minimum Gasteiger partial charge on any atom is -0.342 e. The fourth-order valence-corrected chi connectivity index (χ4v) is 3.80. The highest BCUT2D eigenvalue weighted by atomic mass is 32.1. The molecule has 0 aliphatic carbocycles. The SMILES string of the molecule is Cc1ccc(CC(=O)N2CCCC(c3ccnc(=O)[nH]3)C2)s1. The molecule has 0 aromatic carbocycles.